The molecule has 4 rings (SSSR count). The number of likely N-dealkylation sites (tertiary alicyclic amines) is 1. The second-order valence-corrected chi connectivity index (χ2v) is 8.30. The Morgan fingerprint density at radius 1 is 1.03 bits per heavy atom. The molecule has 5 nitrogen and oxygen atoms in total. The minimum atomic E-state index is -0.135. The number of nitrogens with one attached hydrogen (secondary N) is 2. The highest BCUT2D eigenvalue weighted by molar-refractivity contribution is 5.90. The summed E-state index contributed by atoms with van der Waals surface area (Å²) in [6, 6.07) is 16.3. The van der Waals surface area contributed by atoms with Crippen LogP contribution in [0.25, 0.3) is 0 Å². The van der Waals surface area contributed by atoms with Gasteiger partial charge in [0.2, 0.25) is 5.91 Å². The van der Waals surface area contributed by atoms with Crippen LogP contribution in [0.1, 0.15) is 36.0 Å². The van der Waals surface area contributed by atoms with Crippen molar-refractivity contribution in [3.05, 3.63) is 65.2 Å². The lowest BCUT2D eigenvalue weighted by molar-refractivity contribution is -0.127. The summed E-state index contributed by atoms with van der Waals surface area (Å²) >= 11 is 0. The molecule has 2 aromatic rings. The molecule has 2 aliphatic rings. The predicted octanol–water partition coefficient (Wildman–Crippen LogP) is 3.91. The third-order valence-electron chi connectivity index (χ3n) is 6.04. The van der Waals surface area contributed by atoms with E-state index < -0.39 is 0 Å². The normalized spacial score (nSPS) is 21.2. The van der Waals surface area contributed by atoms with Gasteiger partial charge in [0, 0.05) is 24.8 Å². The third kappa shape index (κ3) is 4.78. The number of nitrogens with zero attached hydrogens (tertiary/aromatic N) is 1. The fourth-order valence-electron chi connectivity index (χ4n) is 4.44. The Hall–Kier alpha value is -2.82. The van der Waals surface area contributed by atoms with Crippen LogP contribution in [0.15, 0.2) is 48.5 Å². The Kier molecular flexibility index (Phi) is 5.84. The predicted molar refractivity (Wildman–Crippen MR) is 115 cm³/mol. The van der Waals surface area contributed by atoms with Crippen LogP contribution in [0.4, 0.5) is 10.5 Å². The Morgan fingerprint density at radius 2 is 1.86 bits per heavy atom. The molecule has 3 amide bonds. The average molecular weight is 392 g/mol. The number of benzene rings is 2. The van der Waals surface area contributed by atoms with E-state index in [1.807, 2.05) is 31.2 Å². The van der Waals surface area contributed by atoms with E-state index in [4.69, 9.17) is 0 Å². The molecule has 1 aliphatic heterocycles. The lowest BCUT2D eigenvalue weighted by Crippen LogP contribution is -2.49. The van der Waals surface area contributed by atoms with Crippen molar-refractivity contribution in [3.8, 4) is 0 Å². The summed E-state index contributed by atoms with van der Waals surface area (Å²) in [4.78, 5) is 27.3. The van der Waals surface area contributed by atoms with Crippen molar-refractivity contribution in [2.24, 2.45) is 5.92 Å². The van der Waals surface area contributed by atoms with Gasteiger partial charge < -0.3 is 15.5 Å². The molecule has 2 aromatic carbocycles. The molecular formula is C24H29N3O2. The van der Waals surface area contributed by atoms with Crippen molar-refractivity contribution in [3.63, 3.8) is 0 Å². The number of rotatable bonds is 3. The highest BCUT2D eigenvalue weighted by Crippen LogP contribution is 2.23. The first-order chi connectivity index (χ1) is 14.1. The van der Waals surface area contributed by atoms with E-state index in [9.17, 15) is 9.59 Å². The Morgan fingerprint density at radius 3 is 2.69 bits per heavy atom. The Balaban J connectivity index is 1.32. The number of fused-ring (bicyclic) bond motifs is 1. The molecule has 1 fully saturated rings. The third-order valence-corrected chi connectivity index (χ3v) is 6.04. The summed E-state index contributed by atoms with van der Waals surface area (Å²) in [5.74, 6) is -0.0494. The summed E-state index contributed by atoms with van der Waals surface area (Å²) in [5, 5.41) is 6.21. The van der Waals surface area contributed by atoms with Crippen molar-refractivity contribution >= 4 is 17.6 Å². The lowest BCUT2D eigenvalue weighted by atomic mass is 9.87. The number of piperidine rings is 1. The second-order valence-electron chi connectivity index (χ2n) is 8.30. The van der Waals surface area contributed by atoms with Crippen molar-refractivity contribution in [1.82, 2.24) is 10.2 Å². The maximum Gasteiger partial charge on any atom is 0.321 e. The fraction of sp³-hybridized carbons (Fsp3) is 0.417. The minimum absolute atomic E-state index is 0.0856. The zero-order chi connectivity index (χ0) is 20.2. The molecule has 2 atom stereocenters. The highest BCUT2D eigenvalue weighted by Gasteiger charge is 2.30. The average Bonchev–Trinajstić information content (AvgIpc) is 2.74. The molecule has 2 unspecified atom stereocenters. The van der Waals surface area contributed by atoms with Crippen LogP contribution in [-0.4, -0.2) is 36.0 Å². The van der Waals surface area contributed by atoms with Gasteiger partial charge in [0.25, 0.3) is 0 Å². The van der Waals surface area contributed by atoms with Crippen LogP contribution < -0.4 is 10.6 Å². The molecule has 0 spiro atoms. The number of aryl methyl sites for hydroxylation is 2. The van der Waals surface area contributed by atoms with Crippen molar-refractivity contribution in [1.29, 1.82) is 0 Å². The Bertz CT molecular complexity index is 895. The van der Waals surface area contributed by atoms with Crippen LogP contribution in [0.5, 0.6) is 0 Å². The van der Waals surface area contributed by atoms with Crippen LogP contribution >= 0.6 is 0 Å². The topological polar surface area (TPSA) is 61.4 Å². The van der Waals surface area contributed by atoms with Gasteiger partial charge in [-0.15, -0.1) is 0 Å². The standard InChI is InChI=1S/C24H29N3O2/c1-17-6-4-10-21(14-17)26-24(29)27-13-5-9-20(16-27)23(28)25-22-12-11-18-7-2-3-8-19(18)15-22/h2-4,6-8,10,14,20,22H,5,9,11-13,15-16H2,1H3,(H,25,28)(H,26,29). The molecule has 0 saturated carbocycles. The molecule has 1 saturated heterocycles. The zero-order valence-electron chi connectivity index (χ0n) is 17.0. The summed E-state index contributed by atoms with van der Waals surface area (Å²) in [6.45, 7) is 3.17. The first-order valence-electron chi connectivity index (χ1n) is 10.6. The SMILES string of the molecule is Cc1cccc(NC(=O)N2CCCC(C(=O)NC3CCc4ccccc4C3)C2)c1. The Labute approximate surface area is 172 Å². The number of hydrogen-bond acceptors (Lipinski definition) is 2. The van der Waals surface area contributed by atoms with E-state index in [2.05, 4.69) is 34.9 Å². The van der Waals surface area contributed by atoms with E-state index >= 15 is 0 Å². The van der Waals surface area contributed by atoms with Gasteiger partial charge >= 0.3 is 6.03 Å². The van der Waals surface area contributed by atoms with E-state index in [0.717, 1.165) is 43.4 Å². The van der Waals surface area contributed by atoms with Crippen LogP contribution in [0, 0.1) is 12.8 Å². The fourth-order valence-corrected chi connectivity index (χ4v) is 4.44. The molecule has 5 heteroatoms. The number of amides is 3. The van der Waals surface area contributed by atoms with Gasteiger partial charge in [-0.3, -0.25) is 4.79 Å². The largest absolute Gasteiger partial charge is 0.353 e. The van der Waals surface area contributed by atoms with E-state index in [0.29, 0.717) is 13.1 Å². The van der Waals surface area contributed by atoms with E-state index in [-0.39, 0.29) is 23.9 Å². The van der Waals surface area contributed by atoms with Gasteiger partial charge in [-0.2, -0.15) is 0 Å². The smallest absolute Gasteiger partial charge is 0.321 e. The van der Waals surface area contributed by atoms with Gasteiger partial charge in [0.05, 0.1) is 5.92 Å². The van der Waals surface area contributed by atoms with Gasteiger partial charge in [0.1, 0.15) is 0 Å². The number of urea groups is 1. The molecule has 0 radical (unpaired) electrons. The maximum atomic E-state index is 12.9. The summed E-state index contributed by atoms with van der Waals surface area (Å²) in [7, 11) is 0. The molecule has 152 valence electrons. The number of carbonyl (C=O) groups excluding carboxylic acids is 2. The molecule has 2 N–H and O–H groups in total. The van der Waals surface area contributed by atoms with Crippen LogP contribution in [0.2, 0.25) is 0 Å². The van der Waals surface area contributed by atoms with Crippen molar-refractivity contribution < 1.29 is 9.59 Å². The zero-order valence-corrected chi connectivity index (χ0v) is 17.0. The highest BCUT2D eigenvalue weighted by atomic mass is 16.2. The monoisotopic (exact) mass is 391 g/mol. The number of hydrogen-bond donors (Lipinski definition) is 2. The molecule has 0 bridgehead atoms. The van der Waals surface area contributed by atoms with Gasteiger partial charge in [-0.05, 0) is 67.9 Å². The quantitative estimate of drug-likeness (QED) is 0.833. The van der Waals surface area contributed by atoms with Gasteiger partial charge in [-0.1, -0.05) is 36.4 Å². The molecule has 29 heavy (non-hydrogen) atoms. The van der Waals surface area contributed by atoms with E-state index in [1.165, 1.54) is 11.1 Å². The summed E-state index contributed by atoms with van der Waals surface area (Å²) in [6.07, 6.45) is 4.58. The van der Waals surface area contributed by atoms with E-state index in [1.54, 1.807) is 4.90 Å². The maximum absolute atomic E-state index is 12.9. The minimum Gasteiger partial charge on any atom is -0.353 e. The van der Waals surface area contributed by atoms with Gasteiger partial charge in [-0.25, -0.2) is 4.79 Å². The van der Waals surface area contributed by atoms with Gasteiger partial charge in [0.15, 0.2) is 0 Å². The lowest BCUT2D eigenvalue weighted by Gasteiger charge is -2.33. The van der Waals surface area contributed by atoms with Crippen molar-refractivity contribution in [2.75, 3.05) is 18.4 Å². The molecular weight excluding hydrogens is 362 g/mol. The number of carbonyl (C=O) groups is 2. The second kappa shape index (κ2) is 8.68. The van der Waals surface area contributed by atoms with Crippen LogP contribution in [-0.2, 0) is 17.6 Å². The molecule has 0 aromatic heterocycles. The summed E-state index contributed by atoms with van der Waals surface area (Å²) in [5.41, 5.74) is 4.64. The first-order valence-corrected chi connectivity index (χ1v) is 10.6. The molecule has 1 heterocycles. The summed E-state index contributed by atoms with van der Waals surface area (Å²) < 4.78 is 0. The number of anilines is 1. The molecule has 1 aliphatic carbocycles. The van der Waals surface area contributed by atoms with Crippen LogP contribution in [0.3, 0.4) is 0 Å². The first kappa shape index (κ1) is 19.5. The van der Waals surface area contributed by atoms with Crippen molar-refractivity contribution in [2.45, 2.75) is 45.1 Å².